The fourth-order valence-electron chi connectivity index (χ4n) is 1.85. The lowest BCUT2D eigenvalue weighted by Crippen LogP contribution is -2.39. The average molecular weight is 340 g/mol. The maximum Gasteiger partial charge on any atom is 0.243 e. The van der Waals surface area contributed by atoms with Crippen LogP contribution in [0.4, 0.5) is 8.78 Å². The van der Waals surface area contributed by atoms with E-state index in [-0.39, 0.29) is 35.3 Å². The van der Waals surface area contributed by atoms with E-state index in [1.165, 1.54) is 16.4 Å². The van der Waals surface area contributed by atoms with Crippen molar-refractivity contribution in [1.29, 1.82) is 0 Å². The van der Waals surface area contributed by atoms with E-state index in [4.69, 9.17) is 0 Å². The molecular weight excluding hydrogens is 328 g/mol. The summed E-state index contributed by atoms with van der Waals surface area (Å²) in [7, 11) is -3.72. The van der Waals surface area contributed by atoms with Crippen LogP contribution in [-0.2, 0) is 10.0 Å². The molecule has 0 unspecified atom stereocenters. The first-order valence-electron chi connectivity index (χ1n) is 5.50. The van der Waals surface area contributed by atoms with E-state index in [2.05, 4.69) is 15.9 Å². The Labute approximate surface area is 113 Å². The van der Waals surface area contributed by atoms with Gasteiger partial charge in [-0.1, -0.05) is 0 Å². The second kappa shape index (κ2) is 5.22. The summed E-state index contributed by atoms with van der Waals surface area (Å²) >= 11 is 2.97. The summed E-state index contributed by atoms with van der Waals surface area (Å²) in [6.45, 7) is 0.280. The van der Waals surface area contributed by atoms with E-state index < -0.39 is 22.0 Å². The van der Waals surface area contributed by atoms with Crippen molar-refractivity contribution >= 4 is 26.0 Å². The van der Waals surface area contributed by atoms with Gasteiger partial charge in [0.05, 0.1) is 9.37 Å². The monoisotopic (exact) mass is 339 g/mol. The number of sulfonamides is 1. The number of hydrogen-bond donors (Lipinski definition) is 0. The molecule has 0 saturated carbocycles. The lowest BCUT2D eigenvalue weighted by atomic mass is 10.1. The van der Waals surface area contributed by atoms with E-state index in [0.29, 0.717) is 0 Å². The third kappa shape index (κ3) is 2.73. The van der Waals surface area contributed by atoms with Gasteiger partial charge >= 0.3 is 0 Å². The van der Waals surface area contributed by atoms with Crippen molar-refractivity contribution < 1.29 is 17.2 Å². The molecule has 0 bridgehead atoms. The molecule has 18 heavy (non-hydrogen) atoms. The molecule has 100 valence electrons. The number of rotatable bonds is 2. The van der Waals surface area contributed by atoms with Gasteiger partial charge in [0.25, 0.3) is 0 Å². The maximum atomic E-state index is 13.3. The van der Waals surface area contributed by atoms with Crippen molar-refractivity contribution in [2.24, 2.45) is 0 Å². The smallest absolute Gasteiger partial charge is 0.243 e. The largest absolute Gasteiger partial charge is 0.247 e. The fourth-order valence-corrected chi connectivity index (χ4v) is 3.58. The first-order valence-corrected chi connectivity index (χ1v) is 7.74. The quantitative estimate of drug-likeness (QED) is 0.830. The maximum absolute atomic E-state index is 13.3. The molecule has 0 aliphatic carbocycles. The first kappa shape index (κ1) is 13.9. The molecule has 0 N–H and O–H groups in total. The lowest BCUT2D eigenvalue weighted by molar-refractivity contribution is 0.210. The summed E-state index contributed by atoms with van der Waals surface area (Å²) in [5.41, 5.74) is 0. The summed E-state index contributed by atoms with van der Waals surface area (Å²) in [6.07, 6.45) is -0.561. The van der Waals surface area contributed by atoms with Gasteiger partial charge in [-0.2, -0.15) is 4.31 Å². The molecule has 2 rings (SSSR count). The number of alkyl halides is 1. The number of benzene rings is 1. The molecule has 0 radical (unpaired) electrons. The van der Waals surface area contributed by atoms with Crippen molar-refractivity contribution in [2.45, 2.75) is 23.9 Å². The van der Waals surface area contributed by atoms with Gasteiger partial charge < -0.3 is 0 Å². The Morgan fingerprint density at radius 2 is 1.89 bits per heavy atom. The summed E-state index contributed by atoms with van der Waals surface area (Å²) < 4.78 is 52.1. The van der Waals surface area contributed by atoms with Crippen molar-refractivity contribution in [3.8, 4) is 0 Å². The SMILES string of the molecule is O=S(=O)(c1ccc(Br)c(F)c1)N1CCC(F)CC1. The molecule has 1 saturated heterocycles. The molecule has 1 heterocycles. The minimum absolute atomic E-state index is 0.0968. The Balaban J connectivity index is 2.27. The number of hydrogen-bond acceptors (Lipinski definition) is 2. The van der Waals surface area contributed by atoms with Crippen LogP contribution in [0.2, 0.25) is 0 Å². The van der Waals surface area contributed by atoms with Gasteiger partial charge in [-0.05, 0) is 47.0 Å². The van der Waals surface area contributed by atoms with Crippen molar-refractivity contribution in [3.05, 3.63) is 28.5 Å². The molecule has 0 aromatic heterocycles. The number of nitrogens with zero attached hydrogens (tertiary/aromatic N) is 1. The van der Waals surface area contributed by atoms with Gasteiger partial charge in [0.1, 0.15) is 12.0 Å². The van der Waals surface area contributed by atoms with Crippen LogP contribution in [0, 0.1) is 5.82 Å². The van der Waals surface area contributed by atoms with E-state index in [1.54, 1.807) is 0 Å². The molecule has 1 aromatic carbocycles. The van der Waals surface area contributed by atoms with E-state index in [0.717, 1.165) is 6.07 Å². The third-order valence-electron chi connectivity index (χ3n) is 2.91. The molecule has 1 aliphatic heterocycles. The van der Waals surface area contributed by atoms with Crippen LogP contribution in [0.3, 0.4) is 0 Å². The molecule has 1 fully saturated rings. The van der Waals surface area contributed by atoms with Gasteiger partial charge in [0.15, 0.2) is 0 Å². The molecule has 0 atom stereocenters. The summed E-state index contributed by atoms with van der Waals surface area (Å²) in [5, 5.41) is 0. The number of piperidine rings is 1. The Morgan fingerprint density at radius 3 is 2.44 bits per heavy atom. The minimum Gasteiger partial charge on any atom is -0.247 e. The topological polar surface area (TPSA) is 37.4 Å². The van der Waals surface area contributed by atoms with Gasteiger partial charge in [0, 0.05) is 13.1 Å². The molecule has 0 amide bonds. The highest BCUT2D eigenvalue weighted by Crippen LogP contribution is 2.25. The normalized spacial score (nSPS) is 19.1. The van der Waals surface area contributed by atoms with Crippen LogP contribution in [0.1, 0.15) is 12.8 Å². The van der Waals surface area contributed by atoms with Gasteiger partial charge in [0.2, 0.25) is 10.0 Å². The molecule has 1 aromatic rings. The lowest BCUT2D eigenvalue weighted by Gasteiger charge is -2.27. The van der Waals surface area contributed by atoms with Crippen LogP contribution in [0.5, 0.6) is 0 Å². The zero-order chi connectivity index (χ0) is 13.3. The second-order valence-electron chi connectivity index (χ2n) is 4.15. The van der Waals surface area contributed by atoms with Crippen LogP contribution < -0.4 is 0 Å². The summed E-state index contributed by atoms with van der Waals surface area (Å²) in [5.74, 6) is -0.628. The molecule has 1 aliphatic rings. The zero-order valence-corrected chi connectivity index (χ0v) is 11.8. The molecule has 3 nitrogen and oxygen atoms in total. The third-order valence-corrected chi connectivity index (χ3v) is 5.45. The molecule has 7 heteroatoms. The van der Waals surface area contributed by atoms with Gasteiger partial charge in [-0.3, -0.25) is 0 Å². The fraction of sp³-hybridized carbons (Fsp3) is 0.455. The zero-order valence-electron chi connectivity index (χ0n) is 9.44. The van der Waals surface area contributed by atoms with Gasteiger partial charge in [-0.25, -0.2) is 17.2 Å². The highest BCUT2D eigenvalue weighted by molar-refractivity contribution is 9.10. The van der Waals surface area contributed by atoms with Crippen molar-refractivity contribution in [2.75, 3.05) is 13.1 Å². The van der Waals surface area contributed by atoms with Crippen molar-refractivity contribution in [3.63, 3.8) is 0 Å². The minimum atomic E-state index is -3.72. The highest BCUT2D eigenvalue weighted by Gasteiger charge is 2.29. The molecule has 0 spiro atoms. The van der Waals surface area contributed by atoms with Crippen LogP contribution in [0.25, 0.3) is 0 Å². The predicted molar refractivity (Wildman–Crippen MR) is 67.0 cm³/mol. The van der Waals surface area contributed by atoms with Crippen LogP contribution in [-0.4, -0.2) is 32.0 Å². The number of halogens is 3. The standard InChI is InChI=1S/C11H12BrF2NO2S/c12-10-2-1-9(7-11(10)14)18(16,17)15-5-3-8(13)4-6-15/h1-2,7-8H,3-6H2. The van der Waals surface area contributed by atoms with Crippen molar-refractivity contribution in [1.82, 2.24) is 4.31 Å². The Morgan fingerprint density at radius 1 is 1.28 bits per heavy atom. The predicted octanol–water partition coefficient (Wildman–Crippen LogP) is 2.71. The Hall–Kier alpha value is -0.530. The van der Waals surface area contributed by atoms with Gasteiger partial charge in [-0.15, -0.1) is 0 Å². The van der Waals surface area contributed by atoms with E-state index >= 15 is 0 Å². The van der Waals surface area contributed by atoms with Crippen LogP contribution in [0.15, 0.2) is 27.6 Å². The Kier molecular flexibility index (Phi) is 4.03. The first-order chi connectivity index (χ1) is 8.41. The molecular formula is C11H12BrF2NO2S. The van der Waals surface area contributed by atoms with Crippen LogP contribution >= 0.6 is 15.9 Å². The summed E-state index contributed by atoms with van der Waals surface area (Å²) in [4.78, 5) is -0.0968. The average Bonchev–Trinajstić information content (AvgIpc) is 2.33. The van der Waals surface area contributed by atoms with E-state index in [9.17, 15) is 17.2 Å². The van der Waals surface area contributed by atoms with E-state index in [1.807, 2.05) is 0 Å². The highest BCUT2D eigenvalue weighted by atomic mass is 79.9. The second-order valence-corrected chi connectivity index (χ2v) is 6.95. The summed E-state index contributed by atoms with van der Waals surface area (Å²) in [6, 6.07) is 3.66. The Bertz CT molecular complexity index is 542.